The van der Waals surface area contributed by atoms with Gasteiger partial charge in [0.2, 0.25) is 11.8 Å². The van der Waals surface area contributed by atoms with Crippen LogP contribution in [0.4, 0.5) is 0 Å². The molecule has 4 aliphatic heterocycles. The van der Waals surface area contributed by atoms with Crippen LogP contribution in [0, 0.1) is 11.8 Å². The smallest absolute Gasteiger partial charge is 0.313 e. The number of esters is 1. The number of amides is 2. The molecule has 0 aliphatic carbocycles. The summed E-state index contributed by atoms with van der Waals surface area (Å²) in [5.41, 5.74) is -1.75. The lowest BCUT2D eigenvalue weighted by Crippen LogP contribution is -2.57. The van der Waals surface area contributed by atoms with E-state index in [1.165, 1.54) is 4.90 Å². The van der Waals surface area contributed by atoms with Gasteiger partial charge in [-0.3, -0.25) is 14.4 Å². The number of hydrogen-bond acceptors (Lipinski definition) is 6. The minimum Gasteiger partial charge on any atom is -0.465 e. The van der Waals surface area contributed by atoms with E-state index >= 15 is 0 Å². The van der Waals surface area contributed by atoms with Crippen molar-refractivity contribution in [1.82, 2.24) is 9.80 Å². The number of carbonyl (C=O) groups excluding carboxylic acids is 3. The fourth-order valence-corrected chi connectivity index (χ4v) is 6.39. The number of aliphatic hydroxyl groups excluding tert-OH is 1. The van der Waals surface area contributed by atoms with Gasteiger partial charge >= 0.3 is 5.97 Å². The summed E-state index contributed by atoms with van der Waals surface area (Å²) >= 11 is 0. The molecule has 4 aliphatic rings. The highest BCUT2D eigenvalue weighted by Gasteiger charge is 2.75. The van der Waals surface area contributed by atoms with Crippen molar-refractivity contribution in [2.75, 3.05) is 26.3 Å². The van der Waals surface area contributed by atoms with Crippen molar-refractivity contribution in [3.8, 4) is 0 Å². The van der Waals surface area contributed by atoms with Crippen molar-refractivity contribution in [3.05, 3.63) is 60.2 Å². The Morgan fingerprint density at radius 3 is 2.58 bits per heavy atom. The topological polar surface area (TPSA) is 96.4 Å². The highest BCUT2D eigenvalue weighted by molar-refractivity contribution is 5.99. The molecule has 8 nitrogen and oxygen atoms in total. The molecule has 0 radical (unpaired) electrons. The molecule has 2 fully saturated rings. The van der Waals surface area contributed by atoms with Crippen molar-refractivity contribution in [2.45, 2.75) is 56.4 Å². The van der Waals surface area contributed by atoms with E-state index in [2.05, 4.69) is 6.92 Å². The zero-order chi connectivity index (χ0) is 25.5. The molecule has 8 heteroatoms. The summed E-state index contributed by atoms with van der Waals surface area (Å²) in [6.07, 6.45) is 9.76. The van der Waals surface area contributed by atoms with Crippen LogP contribution in [0.5, 0.6) is 0 Å². The fourth-order valence-electron chi connectivity index (χ4n) is 6.39. The maximum absolute atomic E-state index is 14.3. The number of benzene rings is 1. The van der Waals surface area contributed by atoms with Gasteiger partial charge in [-0.15, -0.1) is 0 Å². The number of aliphatic hydroxyl groups is 1. The molecule has 1 N–H and O–H groups in total. The van der Waals surface area contributed by atoms with Crippen molar-refractivity contribution >= 4 is 17.8 Å². The first-order chi connectivity index (χ1) is 17.4. The summed E-state index contributed by atoms with van der Waals surface area (Å²) < 4.78 is 12.3. The van der Waals surface area contributed by atoms with Crippen molar-refractivity contribution in [3.63, 3.8) is 0 Å². The molecular formula is C28H34N2O6. The first-order valence-electron chi connectivity index (χ1n) is 12.9. The second kappa shape index (κ2) is 9.48. The monoisotopic (exact) mass is 494 g/mol. The van der Waals surface area contributed by atoms with Crippen molar-refractivity contribution in [2.24, 2.45) is 11.8 Å². The van der Waals surface area contributed by atoms with Crippen LogP contribution in [0.25, 0.3) is 0 Å². The molecule has 36 heavy (non-hydrogen) atoms. The molecule has 1 unspecified atom stereocenters. The third kappa shape index (κ3) is 3.69. The van der Waals surface area contributed by atoms with Gasteiger partial charge in [-0.05, 0) is 25.3 Å². The Morgan fingerprint density at radius 1 is 1.08 bits per heavy atom. The summed E-state index contributed by atoms with van der Waals surface area (Å²) in [4.78, 5) is 45.1. The first kappa shape index (κ1) is 24.7. The first-order valence-corrected chi connectivity index (χ1v) is 12.9. The fraction of sp³-hybridized carbons (Fsp3) is 0.536. The second-order valence-corrected chi connectivity index (χ2v) is 10.3. The zero-order valence-electron chi connectivity index (χ0n) is 20.8. The zero-order valence-corrected chi connectivity index (χ0v) is 20.8. The van der Waals surface area contributed by atoms with Crippen LogP contribution in [0.2, 0.25) is 0 Å². The summed E-state index contributed by atoms with van der Waals surface area (Å²) in [5.74, 6) is -2.96. The average molecular weight is 495 g/mol. The SMILES string of the molecule is CCCCN1CC=C[C@]23O[C@@]4(C)C=CCCOC(=O)[C@H]4[C@H]2C(=O)N([C@H](CO)c2ccccc2)C3C1=O. The Labute approximate surface area is 211 Å². The quantitative estimate of drug-likeness (QED) is 0.482. The molecule has 0 aromatic heterocycles. The van der Waals surface area contributed by atoms with Crippen molar-refractivity contribution in [1.29, 1.82) is 0 Å². The van der Waals surface area contributed by atoms with Crippen molar-refractivity contribution < 1.29 is 29.0 Å². The number of carbonyl (C=O) groups is 3. The Bertz CT molecular complexity index is 1090. The van der Waals surface area contributed by atoms with Gasteiger partial charge in [0.25, 0.3) is 0 Å². The molecule has 5 rings (SSSR count). The number of fused-ring (bicyclic) bond motifs is 2. The molecule has 1 spiro atoms. The highest BCUT2D eigenvalue weighted by atomic mass is 16.6. The Morgan fingerprint density at radius 2 is 1.86 bits per heavy atom. The second-order valence-electron chi connectivity index (χ2n) is 10.3. The van der Waals surface area contributed by atoms with E-state index in [9.17, 15) is 19.5 Å². The summed E-state index contributed by atoms with van der Waals surface area (Å²) in [6, 6.07) is 7.41. The minimum absolute atomic E-state index is 0.228. The van der Waals surface area contributed by atoms with Crippen LogP contribution in [-0.4, -0.2) is 76.2 Å². The Balaban J connectivity index is 1.68. The third-order valence-electron chi connectivity index (χ3n) is 8.02. The van der Waals surface area contributed by atoms with Crippen LogP contribution in [0.1, 0.15) is 44.7 Å². The molecule has 2 saturated heterocycles. The van der Waals surface area contributed by atoms with Crippen LogP contribution < -0.4 is 0 Å². The maximum Gasteiger partial charge on any atom is 0.313 e. The predicted molar refractivity (Wildman–Crippen MR) is 131 cm³/mol. The predicted octanol–water partition coefficient (Wildman–Crippen LogP) is 2.39. The molecular weight excluding hydrogens is 460 g/mol. The molecule has 4 heterocycles. The maximum atomic E-state index is 14.3. The number of rotatable bonds is 6. The van der Waals surface area contributed by atoms with E-state index in [0.717, 1.165) is 12.8 Å². The van der Waals surface area contributed by atoms with Gasteiger partial charge in [0.15, 0.2) is 0 Å². The van der Waals surface area contributed by atoms with E-state index in [4.69, 9.17) is 9.47 Å². The lowest BCUT2D eigenvalue weighted by atomic mass is 9.74. The van der Waals surface area contributed by atoms with E-state index in [0.29, 0.717) is 25.1 Å². The number of unbranched alkanes of at least 4 members (excludes halogenated alkanes) is 1. The van der Waals surface area contributed by atoms with Crippen LogP contribution in [0.15, 0.2) is 54.6 Å². The van der Waals surface area contributed by atoms with E-state index in [1.807, 2.05) is 54.6 Å². The van der Waals surface area contributed by atoms with E-state index in [1.54, 1.807) is 11.8 Å². The van der Waals surface area contributed by atoms with Gasteiger partial charge in [-0.2, -0.15) is 0 Å². The summed E-state index contributed by atoms with van der Waals surface area (Å²) in [7, 11) is 0. The Kier molecular flexibility index (Phi) is 6.51. The average Bonchev–Trinajstić information content (AvgIpc) is 3.19. The molecule has 1 aromatic carbocycles. The lowest BCUT2D eigenvalue weighted by molar-refractivity contribution is -0.162. The molecule has 0 bridgehead atoms. The normalized spacial score (nSPS) is 34.4. The van der Waals surface area contributed by atoms with E-state index in [-0.39, 0.29) is 25.0 Å². The summed E-state index contributed by atoms with van der Waals surface area (Å²) in [6.45, 7) is 4.66. The Hall–Kier alpha value is -2.97. The van der Waals surface area contributed by atoms with Gasteiger partial charge in [0.05, 0.1) is 30.8 Å². The van der Waals surface area contributed by atoms with Crippen LogP contribution in [-0.2, 0) is 23.9 Å². The van der Waals surface area contributed by atoms with Crippen LogP contribution in [0.3, 0.4) is 0 Å². The van der Waals surface area contributed by atoms with Gasteiger partial charge in [-0.1, -0.05) is 68.0 Å². The number of ether oxygens (including phenoxy) is 2. The molecule has 0 saturated carbocycles. The minimum atomic E-state index is -1.36. The standard InChI is InChI=1S/C28H34N2O6/c1-3-4-15-29-16-10-14-28-21(22-26(34)35-17-9-8-13-27(22,2)36-28)24(32)30(23(28)25(29)33)20(18-31)19-11-6-5-7-12-19/h5-8,10-14,20-23,31H,3-4,9,15-18H2,1-2H3/t20-,21+,22-,23?,27+,28+/m1/s1. The van der Waals surface area contributed by atoms with E-state index < -0.39 is 41.1 Å². The number of hydrogen-bond donors (Lipinski definition) is 1. The van der Waals surface area contributed by atoms with Gasteiger partial charge in [0, 0.05) is 13.1 Å². The largest absolute Gasteiger partial charge is 0.465 e. The van der Waals surface area contributed by atoms with Crippen LogP contribution >= 0.6 is 0 Å². The number of likely N-dealkylation sites (tertiary alicyclic amines) is 1. The molecule has 1 aromatic rings. The van der Waals surface area contributed by atoms with Gasteiger partial charge < -0.3 is 24.4 Å². The molecule has 2 amide bonds. The number of nitrogens with zero attached hydrogens (tertiary/aromatic N) is 2. The van der Waals surface area contributed by atoms with Gasteiger partial charge in [0.1, 0.15) is 17.6 Å². The summed E-state index contributed by atoms with van der Waals surface area (Å²) in [5, 5.41) is 10.5. The molecule has 192 valence electrons. The third-order valence-corrected chi connectivity index (χ3v) is 8.02. The van der Waals surface area contributed by atoms with Gasteiger partial charge in [-0.25, -0.2) is 0 Å². The number of cyclic esters (lactones) is 1. The molecule has 6 atom stereocenters. The lowest BCUT2D eigenvalue weighted by Gasteiger charge is -2.40. The highest BCUT2D eigenvalue weighted by Crippen LogP contribution is 2.58.